The molecule has 0 spiro atoms. The van der Waals surface area contributed by atoms with Gasteiger partial charge in [-0.05, 0) is 38.2 Å². The summed E-state index contributed by atoms with van der Waals surface area (Å²) in [5, 5.41) is 28.5. The molecule has 24 heavy (non-hydrogen) atoms. The summed E-state index contributed by atoms with van der Waals surface area (Å²) < 4.78 is 10.0. The van der Waals surface area contributed by atoms with Crippen molar-refractivity contribution in [2.45, 2.75) is 18.2 Å². The van der Waals surface area contributed by atoms with E-state index in [2.05, 4.69) is 0 Å². The lowest BCUT2D eigenvalue weighted by Gasteiger charge is -2.36. The van der Waals surface area contributed by atoms with Crippen LogP contribution in [-0.2, 0) is 4.79 Å². The molecule has 1 saturated heterocycles. The van der Waals surface area contributed by atoms with Gasteiger partial charge in [-0.3, -0.25) is 9.69 Å². The van der Waals surface area contributed by atoms with Gasteiger partial charge in [0, 0.05) is 5.92 Å². The molecular formula is C17H23NO6. The summed E-state index contributed by atoms with van der Waals surface area (Å²) in [5.74, 6) is -2.61. The molecule has 2 atom stereocenters. The summed E-state index contributed by atoms with van der Waals surface area (Å²) >= 11 is 0. The van der Waals surface area contributed by atoms with Crippen LogP contribution in [0.1, 0.15) is 6.42 Å². The average Bonchev–Trinajstić information content (AvgIpc) is 2.95. The van der Waals surface area contributed by atoms with Gasteiger partial charge in [-0.25, -0.2) is 0 Å². The number of aliphatic hydroxyl groups is 3. The van der Waals surface area contributed by atoms with Gasteiger partial charge in [-0.15, -0.1) is 0 Å². The first-order valence-corrected chi connectivity index (χ1v) is 7.60. The van der Waals surface area contributed by atoms with E-state index in [0.29, 0.717) is 6.54 Å². The van der Waals surface area contributed by atoms with Gasteiger partial charge in [-0.1, -0.05) is 12.1 Å². The Morgan fingerprint density at radius 2 is 1.71 bits per heavy atom. The van der Waals surface area contributed by atoms with Gasteiger partial charge in [0.25, 0.3) is 5.78 Å². The van der Waals surface area contributed by atoms with E-state index >= 15 is 0 Å². The number of rotatable bonds is 2. The minimum atomic E-state index is -2.45. The van der Waals surface area contributed by atoms with Crippen LogP contribution in [0.5, 0.6) is 11.5 Å². The number of methoxy groups -OCH3 is 2. The first kappa shape index (κ1) is 18.3. The molecule has 1 aromatic carbocycles. The number of benzene rings is 1. The maximum absolute atomic E-state index is 11.3. The zero-order valence-corrected chi connectivity index (χ0v) is 14.0. The predicted octanol–water partition coefficient (Wildman–Crippen LogP) is 0.716. The highest BCUT2D eigenvalue weighted by Gasteiger charge is 2.54. The second-order valence-corrected chi connectivity index (χ2v) is 5.84. The largest absolute Gasteiger partial charge is 0.504 e. The zero-order chi connectivity index (χ0) is 17.9. The molecule has 3 N–H and O–H groups in total. The number of nitrogens with zero attached hydrogens (tertiary/aromatic N) is 1. The average molecular weight is 337 g/mol. The van der Waals surface area contributed by atoms with Gasteiger partial charge >= 0.3 is 0 Å². The van der Waals surface area contributed by atoms with Gasteiger partial charge in [0.15, 0.2) is 17.3 Å². The Morgan fingerprint density at radius 1 is 1.17 bits per heavy atom. The van der Waals surface area contributed by atoms with Crippen LogP contribution in [0.4, 0.5) is 0 Å². The molecule has 1 aromatic rings. The molecule has 0 saturated carbocycles. The lowest BCUT2D eigenvalue weighted by Crippen LogP contribution is -2.58. The van der Waals surface area contributed by atoms with Crippen LogP contribution in [0, 0.1) is 5.92 Å². The molecule has 0 amide bonds. The van der Waals surface area contributed by atoms with E-state index in [1.807, 2.05) is 24.3 Å². The second-order valence-electron chi connectivity index (χ2n) is 5.84. The Hall–Kier alpha value is -2.09. The molecule has 7 heteroatoms. The molecule has 7 nitrogen and oxygen atoms in total. The predicted molar refractivity (Wildman–Crippen MR) is 87.0 cm³/mol. The van der Waals surface area contributed by atoms with Gasteiger partial charge in [-0.2, -0.15) is 0 Å². The number of fused-ring (bicyclic) bond motifs is 1. The Bertz CT molecular complexity index is 604. The van der Waals surface area contributed by atoms with Crippen LogP contribution >= 0.6 is 0 Å². The highest BCUT2D eigenvalue weighted by atomic mass is 16.5. The third-order valence-electron chi connectivity index (χ3n) is 4.34. The molecule has 1 aliphatic heterocycles. The molecule has 1 aliphatic carbocycles. The van der Waals surface area contributed by atoms with E-state index in [4.69, 9.17) is 9.47 Å². The summed E-state index contributed by atoms with van der Waals surface area (Å²) in [6.07, 6.45) is 2.14. The minimum absolute atomic E-state index is 0.160. The fourth-order valence-corrected chi connectivity index (χ4v) is 3.15. The topological polar surface area (TPSA) is 99.5 Å². The first-order valence-electron chi connectivity index (χ1n) is 7.60. The number of aliphatic hydroxyl groups excluding tert-OH is 1. The number of para-hydroxylation sites is 2. The first-order chi connectivity index (χ1) is 11.3. The fraction of sp³-hybridized carbons (Fsp3) is 0.471. The zero-order valence-electron chi connectivity index (χ0n) is 14.0. The van der Waals surface area contributed by atoms with E-state index in [1.165, 1.54) is 6.08 Å². The maximum Gasteiger partial charge on any atom is 0.257 e. The van der Waals surface area contributed by atoms with Gasteiger partial charge in [0.05, 0.1) is 20.3 Å². The Balaban J connectivity index is 0.000000185. The monoisotopic (exact) mass is 337 g/mol. The summed E-state index contributed by atoms with van der Waals surface area (Å²) in [6.45, 7) is 0.690. The van der Waals surface area contributed by atoms with Crippen molar-refractivity contribution in [1.82, 2.24) is 4.90 Å². The molecule has 132 valence electrons. The van der Waals surface area contributed by atoms with Crippen LogP contribution in [0.3, 0.4) is 0 Å². The van der Waals surface area contributed by atoms with Crippen molar-refractivity contribution in [3.05, 3.63) is 36.1 Å². The van der Waals surface area contributed by atoms with Crippen molar-refractivity contribution in [1.29, 1.82) is 0 Å². The quantitative estimate of drug-likeness (QED) is 0.684. The Labute approximate surface area is 140 Å². The molecule has 2 unspecified atom stereocenters. The van der Waals surface area contributed by atoms with Gasteiger partial charge < -0.3 is 24.8 Å². The Kier molecular flexibility index (Phi) is 5.48. The Morgan fingerprint density at radius 3 is 2.21 bits per heavy atom. The van der Waals surface area contributed by atoms with Crippen molar-refractivity contribution in [2.75, 3.05) is 27.8 Å². The van der Waals surface area contributed by atoms with E-state index in [-0.39, 0.29) is 5.92 Å². The number of likely N-dealkylation sites (tertiary alicyclic amines) is 1. The minimum Gasteiger partial charge on any atom is -0.504 e. The fourth-order valence-electron chi connectivity index (χ4n) is 3.15. The second kappa shape index (κ2) is 7.21. The third kappa shape index (κ3) is 3.38. The number of ketones is 1. The van der Waals surface area contributed by atoms with E-state index in [1.54, 1.807) is 26.2 Å². The lowest BCUT2D eigenvalue weighted by atomic mass is 9.84. The van der Waals surface area contributed by atoms with Crippen molar-refractivity contribution in [3.8, 4) is 11.5 Å². The van der Waals surface area contributed by atoms with Crippen LogP contribution in [-0.4, -0.2) is 65.6 Å². The highest BCUT2D eigenvalue weighted by Crippen LogP contribution is 2.36. The van der Waals surface area contributed by atoms with Crippen LogP contribution in [0.15, 0.2) is 36.1 Å². The maximum atomic E-state index is 11.3. The summed E-state index contributed by atoms with van der Waals surface area (Å²) in [6, 6.07) is 6.89. The van der Waals surface area contributed by atoms with Gasteiger partial charge in [0.1, 0.15) is 0 Å². The van der Waals surface area contributed by atoms with Gasteiger partial charge in [0.2, 0.25) is 5.79 Å². The van der Waals surface area contributed by atoms with Crippen molar-refractivity contribution in [2.24, 2.45) is 5.92 Å². The molecular weight excluding hydrogens is 314 g/mol. The molecule has 1 heterocycles. The smallest absolute Gasteiger partial charge is 0.257 e. The molecule has 0 aromatic heterocycles. The standard InChI is InChI=1S/C9H13NO4.C8H10O2/c1-10-3-2-5-4-6(11)8(12)9(13,14)7(5)10;1-9-7-5-3-4-6-8(7)10-2/h4-5,7,11,13-14H,2-3H2,1H3;3-6H,1-2H3. The van der Waals surface area contributed by atoms with Crippen LogP contribution in [0.25, 0.3) is 0 Å². The molecule has 0 bridgehead atoms. The number of carbonyl (C=O) groups excluding carboxylic acids is 1. The SMILES string of the molecule is CN1CCC2C=C(O)C(=O)C(O)(O)C21.COc1ccccc1OC. The number of hydrogen-bond acceptors (Lipinski definition) is 7. The normalized spacial score (nSPS) is 25.2. The lowest BCUT2D eigenvalue weighted by molar-refractivity contribution is -0.206. The van der Waals surface area contributed by atoms with Crippen molar-refractivity contribution in [3.63, 3.8) is 0 Å². The van der Waals surface area contributed by atoms with E-state index in [0.717, 1.165) is 17.9 Å². The molecule has 0 radical (unpaired) electrons. The summed E-state index contributed by atoms with van der Waals surface area (Å²) in [4.78, 5) is 13.0. The number of hydrogen-bond donors (Lipinski definition) is 3. The number of ether oxygens (including phenoxy) is 2. The molecule has 1 fully saturated rings. The summed E-state index contributed by atoms with van der Waals surface area (Å²) in [5.41, 5.74) is 0. The number of Topliss-reactive ketones (excluding diaryl/α,β-unsaturated/α-hetero) is 1. The molecule has 2 aliphatic rings. The van der Waals surface area contributed by atoms with Crippen LogP contribution < -0.4 is 9.47 Å². The van der Waals surface area contributed by atoms with Crippen molar-refractivity contribution >= 4 is 5.78 Å². The highest BCUT2D eigenvalue weighted by molar-refractivity contribution is 6.00. The summed E-state index contributed by atoms with van der Waals surface area (Å²) in [7, 11) is 4.98. The number of likely N-dealkylation sites (N-methyl/N-ethyl adjacent to an activating group) is 1. The number of carbonyl (C=O) groups is 1. The van der Waals surface area contributed by atoms with E-state index in [9.17, 15) is 20.1 Å². The third-order valence-corrected chi connectivity index (χ3v) is 4.34. The van der Waals surface area contributed by atoms with Crippen molar-refractivity contribution < 1.29 is 29.6 Å². The molecule has 3 rings (SSSR count). The van der Waals surface area contributed by atoms with E-state index < -0.39 is 23.4 Å². The van der Waals surface area contributed by atoms with Crippen LogP contribution in [0.2, 0.25) is 0 Å².